The Hall–Kier alpha value is -3.49. The fourth-order valence-electron chi connectivity index (χ4n) is 4.93. The molecule has 0 saturated carbocycles. The number of amides is 2. The van der Waals surface area contributed by atoms with E-state index in [1.165, 1.54) is 30.0 Å². The van der Waals surface area contributed by atoms with Gasteiger partial charge in [0.1, 0.15) is 16.2 Å². The predicted octanol–water partition coefficient (Wildman–Crippen LogP) is 2.77. The van der Waals surface area contributed by atoms with Crippen LogP contribution in [0.5, 0.6) is 0 Å². The standard InChI is InChI=1S/C21H19ClN4O9S/c1-36-7-6-21(20(29)30)16-15(17(23-21)12-8-10(22)2-4-13(12)25(31)32)18(27)24(19(16)28)9-11-3-5-14(35-11)26(33)34/h2-5,8,15-17,23H,6-7,9H2,1H3,(H,29,30). The number of carboxylic acid groups (broad SMARTS) is 1. The van der Waals surface area contributed by atoms with Gasteiger partial charge in [0.05, 0.1) is 35.4 Å². The lowest BCUT2D eigenvalue weighted by atomic mass is 9.78. The highest BCUT2D eigenvalue weighted by Gasteiger charge is 2.68. The Morgan fingerprint density at radius 3 is 2.53 bits per heavy atom. The Labute approximate surface area is 212 Å². The number of aliphatic carboxylic acids is 1. The molecule has 2 aliphatic rings. The van der Waals surface area contributed by atoms with Crippen LogP contribution >= 0.6 is 23.4 Å². The first-order valence-electron chi connectivity index (χ1n) is 10.5. The molecule has 15 heteroatoms. The first-order chi connectivity index (χ1) is 17.0. The van der Waals surface area contributed by atoms with E-state index in [-0.39, 0.29) is 28.5 Å². The molecule has 2 saturated heterocycles. The van der Waals surface area contributed by atoms with Gasteiger partial charge in [-0.15, -0.1) is 0 Å². The number of halogens is 1. The smallest absolute Gasteiger partial charge is 0.433 e. The Morgan fingerprint density at radius 2 is 1.94 bits per heavy atom. The number of benzene rings is 1. The molecule has 4 atom stereocenters. The number of rotatable bonds is 9. The van der Waals surface area contributed by atoms with Gasteiger partial charge in [-0.05, 0) is 36.6 Å². The molecular weight excluding hydrogens is 520 g/mol. The molecule has 2 aliphatic heterocycles. The Kier molecular flexibility index (Phi) is 6.77. The largest absolute Gasteiger partial charge is 0.480 e. The fourth-order valence-corrected chi connectivity index (χ4v) is 5.63. The van der Waals surface area contributed by atoms with Crippen molar-refractivity contribution in [1.82, 2.24) is 10.2 Å². The Morgan fingerprint density at radius 1 is 1.22 bits per heavy atom. The molecule has 190 valence electrons. The average Bonchev–Trinajstić information content (AvgIpc) is 3.49. The van der Waals surface area contributed by atoms with Crippen molar-refractivity contribution in [3.05, 3.63) is 66.9 Å². The summed E-state index contributed by atoms with van der Waals surface area (Å²) in [6, 6.07) is 4.82. The topological polar surface area (TPSA) is 186 Å². The normalized spacial score (nSPS) is 25.3. The van der Waals surface area contributed by atoms with Gasteiger partial charge in [0.15, 0.2) is 0 Å². The van der Waals surface area contributed by atoms with Crippen molar-refractivity contribution >= 4 is 52.7 Å². The summed E-state index contributed by atoms with van der Waals surface area (Å²) in [5.74, 6) is -5.96. The van der Waals surface area contributed by atoms with Gasteiger partial charge < -0.3 is 9.52 Å². The number of likely N-dealkylation sites (tertiary alicyclic amines) is 1. The molecule has 2 amide bonds. The predicted molar refractivity (Wildman–Crippen MR) is 125 cm³/mol. The number of nitrogens with one attached hydrogen (secondary N) is 1. The van der Waals surface area contributed by atoms with Crippen LogP contribution in [0, 0.1) is 32.1 Å². The fraction of sp³-hybridized carbons (Fsp3) is 0.381. The zero-order valence-electron chi connectivity index (χ0n) is 18.6. The molecule has 2 fully saturated rings. The van der Waals surface area contributed by atoms with E-state index in [1.807, 2.05) is 0 Å². The average molecular weight is 539 g/mol. The van der Waals surface area contributed by atoms with Gasteiger partial charge in [-0.25, -0.2) is 0 Å². The molecule has 4 rings (SSSR count). The molecule has 4 unspecified atom stereocenters. The third kappa shape index (κ3) is 4.10. The van der Waals surface area contributed by atoms with Crippen LogP contribution in [0.1, 0.15) is 23.8 Å². The van der Waals surface area contributed by atoms with E-state index in [4.69, 9.17) is 16.0 Å². The number of fused-ring (bicyclic) bond motifs is 1. The molecule has 0 bridgehead atoms. The number of thioether (sulfide) groups is 1. The van der Waals surface area contributed by atoms with Crippen LogP contribution in [0.25, 0.3) is 0 Å². The quantitative estimate of drug-likeness (QED) is 0.271. The summed E-state index contributed by atoms with van der Waals surface area (Å²) in [7, 11) is 0. The van der Waals surface area contributed by atoms with Crippen LogP contribution < -0.4 is 5.32 Å². The highest BCUT2D eigenvalue weighted by Crippen LogP contribution is 2.52. The Balaban J connectivity index is 1.82. The first-order valence-corrected chi connectivity index (χ1v) is 12.3. The Bertz CT molecular complexity index is 1280. The number of nitrogens with zero attached hydrogens (tertiary/aromatic N) is 3. The van der Waals surface area contributed by atoms with E-state index in [9.17, 15) is 39.7 Å². The van der Waals surface area contributed by atoms with Crippen molar-refractivity contribution in [1.29, 1.82) is 0 Å². The van der Waals surface area contributed by atoms with E-state index in [1.54, 1.807) is 6.26 Å². The van der Waals surface area contributed by atoms with Crippen molar-refractivity contribution in [2.45, 2.75) is 24.5 Å². The molecule has 0 radical (unpaired) electrons. The zero-order chi connectivity index (χ0) is 26.4. The first kappa shape index (κ1) is 25.6. The molecule has 0 spiro atoms. The lowest BCUT2D eigenvalue weighted by molar-refractivity contribution is -0.402. The third-order valence-corrected chi connectivity index (χ3v) is 7.34. The summed E-state index contributed by atoms with van der Waals surface area (Å²) in [6.07, 6.45) is 1.70. The SMILES string of the molecule is CSCCC1(C(=O)O)NC(c2cc(Cl)ccc2[N+](=O)[O-])C2C(=O)N(Cc3ccc([N+](=O)[O-])o3)C(=O)C21. The minimum atomic E-state index is -1.90. The summed E-state index contributed by atoms with van der Waals surface area (Å²) >= 11 is 7.42. The molecular formula is C21H19ClN4O9S. The number of furan rings is 1. The number of carboxylic acids is 1. The number of hydrogen-bond donors (Lipinski definition) is 2. The van der Waals surface area contributed by atoms with E-state index in [0.29, 0.717) is 5.75 Å². The van der Waals surface area contributed by atoms with Crippen LogP contribution in [0.3, 0.4) is 0 Å². The number of nitro benzene ring substituents is 1. The van der Waals surface area contributed by atoms with Crippen molar-refractivity contribution in [3.63, 3.8) is 0 Å². The second-order valence-corrected chi connectivity index (χ2v) is 9.79. The maximum Gasteiger partial charge on any atom is 0.433 e. The maximum absolute atomic E-state index is 13.6. The van der Waals surface area contributed by atoms with Crippen molar-refractivity contribution < 1.29 is 33.8 Å². The monoisotopic (exact) mass is 538 g/mol. The molecule has 3 heterocycles. The van der Waals surface area contributed by atoms with Gasteiger partial charge in [0, 0.05) is 16.7 Å². The summed E-state index contributed by atoms with van der Waals surface area (Å²) in [5.41, 5.74) is -2.31. The molecule has 36 heavy (non-hydrogen) atoms. The number of hydrogen-bond acceptors (Lipinski definition) is 10. The molecule has 1 aromatic heterocycles. The van der Waals surface area contributed by atoms with Crippen LogP contribution in [-0.4, -0.2) is 55.2 Å². The number of carbonyl (C=O) groups is 3. The summed E-state index contributed by atoms with van der Waals surface area (Å²) < 4.78 is 5.08. The molecule has 1 aromatic carbocycles. The highest BCUT2D eigenvalue weighted by atomic mass is 35.5. The lowest BCUT2D eigenvalue weighted by Crippen LogP contribution is -2.56. The number of nitro groups is 2. The van der Waals surface area contributed by atoms with Gasteiger partial charge in [-0.1, -0.05) is 11.6 Å². The third-order valence-electron chi connectivity index (χ3n) is 6.49. The van der Waals surface area contributed by atoms with Crippen LogP contribution in [0.2, 0.25) is 5.02 Å². The van der Waals surface area contributed by atoms with Crippen molar-refractivity contribution in [3.8, 4) is 0 Å². The molecule has 2 N–H and O–H groups in total. The highest BCUT2D eigenvalue weighted by molar-refractivity contribution is 7.98. The van der Waals surface area contributed by atoms with Gasteiger partial charge in [-0.2, -0.15) is 11.8 Å². The molecule has 13 nitrogen and oxygen atoms in total. The van der Waals surface area contributed by atoms with E-state index >= 15 is 0 Å². The van der Waals surface area contributed by atoms with Gasteiger partial charge >= 0.3 is 11.9 Å². The lowest BCUT2D eigenvalue weighted by Gasteiger charge is -2.31. The van der Waals surface area contributed by atoms with Gasteiger partial charge in [0.2, 0.25) is 11.8 Å². The van der Waals surface area contributed by atoms with Crippen molar-refractivity contribution in [2.24, 2.45) is 11.8 Å². The molecule has 0 aliphatic carbocycles. The second-order valence-electron chi connectivity index (χ2n) is 8.36. The van der Waals surface area contributed by atoms with Gasteiger partial charge in [0.25, 0.3) is 5.69 Å². The minimum Gasteiger partial charge on any atom is -0.480 e. The minimum absolute atomic E-state index is 0.0218. The summed E-state index contributed by atoms with van der Waals surface area (Å²) in [5, 5.41) is 36.0. The van der Waals surface area contributed by atoms with Gasteiger partial charge in [-0.3, -0.25) is 44.8 Å². The van der Waals surface area contributed by atoms with E-state index in [2.05, 4.69) is 5.32 Å². The molecule has 2 aromatic rings. The van der Waals surface area contributed by atoms with E-state index in [0.717, 1.165) is 17.0 Å². The van der Waals surface area contributed by atoms with E-state index < -0.39 is 63.5 Å². The summed E-state index contributed by atoms with van der Waals surface area (Å²) in [6.45, 7) is -0.457. The van der Waals surface area contributed by atoms with Crippen LogP contribution in [-0.2, 0) is 20.9 Å². The zero-order valence-corrected chi connectivity index (χ0v) is 20.2. The second kappa shape index (κ2) is 9.52. The van der Waals surface area contributed by atoms with Crippen LogP contribution in [0.15, 0.2) is 34.7 Å². The maximum atomic E-state index is 13.6. The number of imide groups is 1. The summed E-state index contributed by atoms with van der Waals surface area (Å²) in [4.78, 5) is 61.8. The van der Waals surface area contributed by atoms with Crippen molar-refractivity contribution in [2.75, 3.05) is 12.0 Å². The number of carbonyl (C=O) groups excluding carboxylic acids is 2. The van der Waals surface area contributed by atoms with Crippen LogP contribution in [0.4, 0.5) is 11.6 Å².